The molecule has 1 saturated heterocycles. The molecule has 1 amide bonds. The Bertz CT molecular complexity index is 227. The first-order valence-electron chi connectivity index (χ1n) is 3.51. The summed E-state index contributed by atoms with van der Waals surface area (Å²) in [6.07, 6.45) is 6.98. The topological polar surface area (TPSA) is 29.1 Å². The molecule has 1 aliphatic heterocycles. The van der Waals surface area contributed by atoms with Gasteiger partial charge in [0.15, 0.2) is 0 Å². The number of nitrogens with one attached hydrogen (secondary N) is 1. The SMILES string of the molecule is O=C1NCC2=CC=CCC12. The van der Waals surface area contributed by atoms with Gasteiger partial charge in [0.05, 0.1) is 5.92 Å². The van der Waals surface area contributed by atoms with Gasteiger partial charge in [-0.25, -0.2) is 0 Å². The van der Waals surface area contributed by atoms with E-state index in [-0.39, 0.29) is 11.8 Å². The highest BCUT2D eigenvalue weighted by molar-refractivity contribution is 5.85. The first-order chi connectivity index (χ1) is 4.88. The van der Waals surface area contributed by atoms with E-state index in [4.69, 9.17) is 0 Å². The lowest BCUT2D eigenvalue weighted by Crippen LogP contribution is -2.18. The van der Waals surface area contributed by atoms with Crippen LogP contribution in [-0.4, -0.2) is 12.5 Å². The lowest BCUT2D eigenvalue weighted by atomic mass is 9.94. The van der Waals surface area contributed by atoms with Gasteiger partial charge in [0.25, 0.3) is 0 Å². The molecular weight excluding hydrogens is 126 g/mol. The van der Waals surface area contributed by atoms with Crippen LogP contribution < -0.4 is 5.32 Å². The molecule has 1 N–H and O–H groups in total. The van der Waals surface area contributed by atoms with Crippen LogP contribution in [0.1, 0.15) is 6.42 Å². The van der Waals surface area contributed by atoms with Gasteiger partial charge in [0.2, 0.25) is 5.91 Å². The summed E-state index contributed by atoms with van der Waals surface area (Å²) in [6.45, 7) is 0.758. The molecule has 1 heterocycles. The van der Waals surface area contributed by atoms with E-state index in [1.807, 2.05) is 18.2 Å². The smallest absolute Gasteiger partial charge is 0.227 e. The van der Waals surface area contributed by atoms with Crippen LogP contribution >= 0.6 is 0 Å². The third kappa shape index (κ3) is 0.685. The standard InChI is InChI=1S/C8H9NO/c10-8-7-4-2-1-3-6(7)5-9-8/h1-3,7H,4-5H2,(H,9,10). The van der Waals surface area contributed by atoms with E-state index in [9.17, 15) is 4.79 Å². The summed E-state index contributed by atoms with van der Waals surface area (Å²) in [5, 5.41) is 2.81. The molecule has 0 radical (unpaired) electrons. The van der Waals surface area contributed by atoms with Crippen molar-refractivity contribution in [1.82, 2.24) is 5.32 Å². The quantitative estimate of drug-likeness (QED) is 0.518. The second-order valence-corrected chi connectivity index (χ2v) is 2.68. The third-order valence-electron chi connectivity index (χ3n) is 2.05. The number of hydrogen-bond donors (Lipinski definition) is 1. The minimum atomic E-state index is 0.157. The van der Waals surface area contributed by atoms with Crippen molar-refractivity contribution in [3.63, 3.8) is 0 Å². The van der Waals surface area contributed by atoms with Crippen LogP contribution in [0.3, 0.4) is 0 Å². The number of fused-ring (bicyclic) bond motifs is 1. The zero-order valence-corrected chi connectivity index (χ0v) is 5.63. The molecule has 1 unspecified atom stereocenters. The van der Waals surface area contributed by atoms with Crippen LogP contribution in [0.2, 0.25) is 0 Å². The average Bonchev–Trinajstić information content (AvgIpc) is 2.34. The fourth-order valence-corrected chi connectivity index (χ4v) is 1.44. The fourth-order valence-electron chi connectivity index (χ4n) is 1.44. The Morgan fingerprint density at radius 2 is 2.50 bits per heavy atom. The maximum absolute atomic E-state index is 11.0. The molecule has 0 aromatic carbocycles. The van der Waals surface area contributed by atoms with Crippen LogP contribution in [0.4, 0.5) is 0 Å². The number of hydrogen-bond acceptors (Lipinski definition) is 1. The van der Waals surface area contributed by atoms with E-state index in [2.05, 4.69) is 5.32 Å². The molecule has 0 bridgehead atoms. The molecule has 10 heavy (non-hydrogen) atoms. The van der Waals surface area contributed by atoms with Crippen LogP contribution in [0, 0.1) is 5.92 Å². The lowest BCUT2D eigenvalue weighted by molar-refractivity contribution is -0.121. The third-order valence-corrected chi connectivity index (χ3v) is 2.05. The highest BCUT2D eigenvalue weighted by atomic mass is 16.2. The van der Waals surface area contributed by atoms with Crippen LogP contribution in [0.25, 0.3) is 0 Å². The second kappa shape index (κ2) is 1.97. The summed E-state index contributed by atoms with van der Waals surface area (Å²) in [5.74, 6) is 0.348. The van der Waals surface area contributed by atoms with E-state index in [1.54, 1.807) is 0 Å². The highest BCUT2D eigenvalue weighted by Crippen LogP contribution is 2.23. The normalized spacial score (nSPS) is 29.4. The average molecular weight is 135 g/mol. The molecule has 0 saturated carbocycles. The van der Waals surface area contributed by atoms with Gasteiger partial charge in [0, 0.05) is 6.54 Å². The van der Waals surface area contributed by atoms with Gasteiger partial charge in [-0.15, -0.1) is 0 Å². The predicted molar refractivity (Wildman–Crippen MR) is 38.3 cm³/mol. The number of rotatable bonds is 0. The summed E-state index contributed by atoms with van der Waals surface area (Å²) < 4.78 is 0. The maximum atomic E-state index is 11.0. The second-order valence-electron chi connectivity index (χ2n) is 2.68. The zero-order valence-electron chi connectivity index (χ0n) is 5.63. The van der Waals surface area contributed by atoms with Crippen LogP contribution in [0.15, 0.2) is 23.8 Å². The molecule has 1 fully saturated rings. The van der Waals surface area contributed by atoms with E-state index >= 15 is 0 Å². The van der Waals surface area contributed by atoms with E-state index in [1.165, 1.54) is 5.57 Å². The summed E-state index contributed by atoms with van der Waals surface area (Å²) in [5.41, 5.74) is 1.24. The van der Waals surface area contributed by atoms with Crippen LogP contribution in [-0.2, 0) is 4.79 Å². The molecule has 1 aliphatic carbocycles. The van der Waals surface area contributed by atoms with E-state index in [0.717, 1.165) is 13.0 Å². The van der Waals surface area contributed by atoms with Crippen LogP contribution in [0.5, 0.6) is 0 Å². The largest absolute Gasteiger partial charge is 0.352 e. The number of carbonyl (C=O) groups excluding carboxylic acids is 1. The van der Waals surface area contributed by atoms with Gasteiger partial charge in [-0.2, -0.15) is 0 Å². The Morgan fingerprint density at radius 3 is 3.30 bits per heavy atom. The van der Waals surface area contributed by atoms with E-state index < -0.39 is 0 Å². The number of allylic oxidation sites excluding steroid dienone is 3. The molecule has 0 spiro atoms. The molecule has 0 aromatic heterocycles. The van der Waals surface area contributed by atoms with Gasteiger partial charge >= 0.3 is 0 Å². The van der Waals surface area contributed by atoms with Gasteiger partial charge < -0.3 is 5.32 Å². The Morgan fingerprint density at radius 1 is 1.60 bits per heavy atom. The number of carbonyl (C=O) groups is 1. The summed E-state index contributed by atoms with van der Waals surface area (Å²) in [6, 6.07) is 0. The molecule has 52 valence electrons. The Labute approximate surface area is 59.6 Å². The van der Waals surface area contributed by atoms with Crippen molar-refractivity contribution >= 4 is 5.91 Å². The van der Waals surface area contributed by atoms with Gasteiger partial charge in [-0.3, -0.25) is 4.79 Å². The molecule has 0 aromatic rings. The van der Waals surface area contributed by atoms with Crippen molar-refractivity contribution in [2.75, 3.05) is 6.54 Å². The molecule has 2 nitrogen and oxygen atoms in total. The van der Waals surface area contributed by atoms with Crippen molar-refractivity contribution in [1.29, 1.82) is 0 Å². The minimum absolute atomic E-state index is 0.157. The first-order valence-corrected chi connectivity index (χ1v) is 3.51. The molecule has 2 aliphatic rings. The summed E-state index contributed by atoms with van der Waals surface area (Å²) in [7, 11) is 0. The first kappa shape index (κ1) is 5.71. The Balaban J connectivity index is 2.31. The molecule has 1 atom stereocenters. The van der Waals surface area contributed by atoms with Crippen molar-refractivity contribution in [3.05, 3.63) is 23.8 Å². The number of amides is 1. The van der Waals surface area contributed by atoms with Gasteiger partial charge in [0.1, 0.15) is 0 Å². The van der Waals surface area contributed by atoms with Crippen molar-refractivity contribution in [2.24, 2.45) is 5.92 Å². The minimum Gasteiger partial charge on any atom is -0.352 e. The lowest BCUT2D eigenvalue weighted by Gasteiger charge is -2.07. The van der Waals surface area contributed by atoms with E-state index in [0.29, 0.717) is 0 Å². The fraction of sp³-hybridized carbons (Fsp3) is 0.375. The summed E-state index contributed by atoms with van der Waals surface area (Å²) in [4.78, 5) is 11.0. The summed E-state index contributed by atoms with van der Waals surface area (Å²) >= 11 is 0. The maximum Gasteiger partial charge on any atom is 0.227 e. The predicted octanol–water partition coefficient (Wildman–Crippen LogP) is 0.619. The van der Waals surface area contributed by atoms with Gasteiger partial charge in [-0.05, 0) is 12.0 Å². The molecule has 2 heteroatoms. The Kier molecular flexibility index (Phi) is 1.13. The highest BCUT2D eigenvalue weighted by Gasteiger charge is 2.28. The van der Waals surface area contributed by atoms with Crippen molar-refractivity contribution < 1.29 is 4.79 Å². The van der Waals surface area contributed by atoms with Crippen molar-refractivity contribution in [3.8, 4) is 0 Å². The van der Waals surface area contributed by atoms with Gasteiger partial charge in [-0.1, -0.05) is 18.2 Å². The Hall–Kier alpha value is -1.05. The molecular formula is C8H9NO. The zero-order chi connectivity index (χ0) is 6.97. The molecule has 2 rings (SSSR count). The monoisotopic (exact) mass is 135 g/mol. The van der Waals surface area contributed by atoms with Crippen molar-refractivity contribution in [2.45, 2.75) is 6.42 Å².